The van der Waals surface area contributed by atoms with Crippen LogP contribution < -0.4 is 11.1 Å². The maximum Gasteiger partial charge on any atom is 0.237 e. The Morgan fingerprint density at radius 1 is 1.28 bits per heavy atom. The zero-order valence-corrected chi connectivity index (χ0v) is 12.3. The molecular weight excluding hydrogens is 226 g/mol. The van der Waals surface area contributed by atoms with Crippen molar-refractivity contribution in [1.29, 1.82) is 0 Å². The summed E-state index contributed by atoms with van der Waals surface area (Å²) in [5.74, 6) is 0.639. The molecule has 1 amide bonds. The van der Waals surface area contributed by atoms with E-state index in [0.29, 0.717) is 18.0 Å². The number of nitrogens with one attached hydrogen (secondary N) is 1. The smallest absolute Gasteiger partial charge is 0.237 e. The molecule has 1 atom stereocenters. The predicted molar refractivity (Wildman–Crippen MR) is 75.3 cm³/mol. The predicted octanol–water partition coefficient (Wildman–Crippen LogP) is 1.35. The van der Waals surface area contributed by atoms with E-state index in [1.54, 1.807) is 0 Å². The minimum atomic E-state index is -0.0527. The number of carbonyl (C=O) groups excluding carboxylic acids is 1. The third-order valence-electron chi connectivity index (χ3n) is 3.99. The van der Waals surface area contributed by atoms with Crippen molar-refractivity contribution in [3.63, 3.8) is 0 Å². The Kier molecular flexibility index (Phi) is 6.09. The lowest BCUT2D eigenvalue weighted by molar-refractivity contribution is -0.126. The van der Waals surface area contributed by atoms with E-state index in [9.17, 15) is 4.79 Å². The van der Waals surface area contributed by atoms with Crippen LogP contribution in [0.1, 0.15) is 46.5 Å². The second kappa shape index (κ2) is 7.10. The SMILES string of the molecule is CC(C)CNC(=O)C(C)N(C)C1CCC(N)CC1. The van der Waals surface area contributed by atoms with Crippen LogP contribution in [0.3, 0.4) is 0 Å². The lowest BCUT2D eigenvalue weighted by Crippen LogP contribution is -2.49. The first-order valence-electron chi connectivity index (χ1n) is 7.17. The lowest BCUT2D eigenvalue weighted by Gasteiger charge is -2.36. The maximum absolute atomic E-state index is 12.0. The van der Waals surface area contributed by atoms with Crippen LogP contribution in [-0.2, 0) is 4.79 Å². The third kappa shape index (κ3) is 4.58. The Labute approximate surface area is 111 Å². The van der Waals surface area contributed by atoms with Gasteiger partial charge in [0.05, 0.1) is 6.04 Å². The van der Waals surface area contributed by atoms with Crippen LogP contribution in [0.5, 0.6) is 0 Å². The zero-order valence-electron chi connectivity index (χ0n) is 12.3. The standard InChI is InChI=1S/C14H29N3O/c1-10(2)9-16-14(18)11(3)17(4)13-7-5-12(15)6-8-13/h10-13H,5-9,15H2,1-4H3,(H,16,18). The number of nitrogens with two attached hydrogens (primary N) is 1. The molecule has 18 heavy (non-hydrogen) atoms. The van der Waals surface area contributed by atoms with Gasteiger partial charge < -0.3 is 11.1 Å². The van der Waals surface area contributed by atoms with Crippen LogP contribution in [0.4, 0.5) is 0 Å². The van der Waals surface area contributed by atoms with E-state index in [1.165, 1.54) is 0 Å². The molecule has 4 heteroatoms. The fraction of sp³-hybridized carbons (Fsp3) is 0.929. The molecule has 0 spiro atoms. The Morgan fingerprint density at radius 3 is 2.33 bits per heavy atom. The van der Waals surface area contributed by atoms with Gasteiger partial charge in [0.25, 0.3) is 0 Å². The molecule has 1 saturated carbocycles. The molecule has 4 nitrogen and oxygen atoms in total. The summed E-state index contributed by atoms with van der Waals surface area (Å²) >= 11 is 0. The summed E-state index contributed by atoms with van der Waals surface area (Å²) in [4.78, 5) is 14.2. The summed E-state index contributed by atoms with van der Waals surface area (Å²) < 4.78 is 0. The van der Waals surface area contributed by atoms with Gasteiger partial charge in [0.2, 0.25) is 5.91 Å². The Bertz CT molecular complexity index is 260. The molecule has 0 radical (unpaired) electrons. The van der Waals surface area contributed by atoms with E-state index < -0.39 is 0 Å². The Morgan fingerprint density at radius 2 is 1.83 bits per heavy atom. The van der Waals surface area contributed by atoms with Crippen molar-refractivity contribution in [3.8, 4) is 0 Å². The summed E-state index contributed by atoms with van der Waals surface area (Å²) in [6.07, 6.45) is 4.38. The van der Waals surface area contributed by atoms with E-state index in [4.69, 9.17) is 5.73 Å². The van der Waals surface area contributed by atoms with Crippen LogP contribution in [0.25, 0.3) is 0 Å². The molecule has 1 fully saturated rings. The quantitative estimate of drug-likeness (QED) is 0.779. The lowest BCUT2D eigenvalue weighted by atomic mass is 9.90. The zero-order chi connectivity index (χ0) is 13.7. The largest absolute Gasteiger partial charge is 0.354 e. The fourth-order valence-corrected chi connectivity index (χ4v) is 2.46. The normalized spacial score (nSPS) is 26.4. The number of likely N-dealkylation sites (N-methyl/N-ethyl adjacent to an activating group) is 1. The highest BCUT2D eigenvalue weighted by Crippen LogP contribution is 2.22. The van der Waals surface area contributed by atoms with Gasteiger partial charge in [0.1, 0.15) is 0 Å². The van der Waals surface area contributed by atoms with Crippen molar-refractivity contribution in [3.05, 3.63) is 0 Å². The molecule has 1 aliphatic carbocycles. The maximum atomic E-state index is 12.0. The van der Waals surface area contributed by atoms with Gasteiger partial charge in [-0.25, -0.2) is 0 Å². The molecule has 0 aromatic rings. The van der Waals surface area contributed by atoms with E-state index in [2.05, 4.69) is 31.1 Å². The third-order valence-corrected chi connectivity index (χ3v) is 3.99. The minimum Gasteiger partial charge on any atom is -0.354 e. The molecule has 0 saturated heterocycles. The first kappa shape index (κ1) is 15.4. The van der Waals surface area contributed by atoms with Crippen LogP contribution in [-0.4, -0.2) is 42.5 Å². The minimum absolute atomic E-state index is 0.0527. The molecular formula is C14H29N3O. The summed E-state index contributed by atoms with van der Waals surface area (Å²) in [5, 5.41) is 3.01. The van der Waals surface area contributed by atoms with Crippen LogP contribution in [0, 0.1) is 5.92 Å². The van der Waals surface area contributed by atoms with Crippen molar-refractivity contribution in [1.82, 2.24) is 10.2 Å². The molecule has 0 heterocycles. The van der Waals surface area contributed by atoms with E-state index in [1.807, 2.05) is 6.92 Å². The summed E-state index contributed by atoms with van der Waals surface area (Å²) in [7, 11) is 2.06. The number of carbonyl (C=O) groups is 1. The van der Waals surface area contributed by atoms with Gasteiger partial charge in [0.15, 0.2) is 0 Å². The fourth-order valence-electron chi connectivity index (χ4n) is 2.46. The summed E-state index contributed by atoms with van der Waals surface area (Å²) in [6, 6.07) is 0.812. The van der Waals surface area contributed by atoms with Crippen molar-refractivity contribution < 1.29 is 4.79 Å². The molecule has 0 aromatic heterocycles. The van der Waals surface area contributed by atoms with E-state index >= 15 is 0 Å². The second-order valence-corrected chi connectivity index (χ2v) is 6.05. The van der Waals surface area contributed by atoms with Crippen molar-refractivity contribution in [2.45, 2.75) is 64.6 Å². The molecule has 0 aliphatic heterocycles. The van der Waals surface area contributed by atoms with E-state index in [-0.39, 0.29) is 11.9 Å². The van der Waals surface area contributed by atoms with Gasteiger partial charge in [-0.3, -0.25) is 9.69 Å². The van der Waals surface area contributed by atoms with Crippen molar-refractivity contribution in [2.24, 2.45) is 11.7 Å². The molecule has 1 unspecified atom stereocenters. The van der Waals surface area contributed by atoms with Crippen molar-refractivity contribution >= 4 is 5.91 Å². The van der Waals surface area contributed by atoms with E-state index in [0.717, 1.165) is 32.2 Å². The highest BCUT2D eigenvalue weighted by Gasteiger charge is 2.27. The average molecular weight is 255 g/mol. The van der Waals surface area contributed by atoms with Gasteiger partial charge in [0, 0.05) is 18.6 Å². The topological polar surface area (TPSA) is 58.4 Å². The number of rotatable bonds is 5. The highest BCUT2D eigenvalue weighted by atomic mass is 16.2. The monoisotopic (exact) mass is 255 g/mol. The Balaban J connectivity index is 2.40. The van der Waals surface area contributed by atoms with Gasteiger partial charge in [-0.05, 0) is 45.6 Å². The number of nitrogens with zero attached hydrogens (tertiary/aromatic N) is 1. The van der Waals surface area contributed by atoms with Crippen LogP contribution in [0.2, 0.25) is 0 Å². The molecule has 106 valence electrons. The molecule has 3 N–H and O–H groups in total. The van der Waals surface area contributed by atoms with Gasteiger partial charge in [-0.15, -0.1) is 0 Å². The van der Waals surface area contributed by atoms with Crippen LogP contribution in [0.15, 0.2) is 0 Å². The second-order valence-electron chi connectivity index (χ2n) is 6.05. The van der Waals surface area contributed by atoms with Gasteiger partial charge >= 0.3 is 0 Å². The van der Waals surface area contributed by atoms with Crippen molar-refractivity contribution in [2.75, 3.05) is 13.6 Å². The van der Waals surface area contributed by atoms with Crippen LogP contribution >= 0.6 is 0 Å². The summed E-state index contributed by atoms with van der Waals surface area (Å²) in [5.41, 5.74) is 5.92. The average Bonchev–Trinajstić information content (AvgIpc) is 2.35. The molecule has 1 rings (SSSR count). The first-order valence-corrected chi connectivity index (χ1v) is 7.17. The molecule has 1 aliphatic rings. The Hall–Kier alpha value is -0.610. The number of hydrogen-bond donors (Lipinski definition) is 2. The number of amides is 1. The summed E-state index contributed by atoms with van der Waals surface area (Å²) in [6.45, 7) is 6.96. The van der Waals surface area contributed by atoms with Gasteiger partial charge in [-0.2, -0.15) is 0 Å². The first-order chi connectivity index (χ1) is 8.41. The molecule has 0 bridgehead atoms. The van der Waals surface area contributed by atoms with Gasteiger partial charge in [-0.1, -0.05) is 13.8 Å². The molecule has 0 aromatic carbocycles. The highest BCUT2D eigenvalue weighted by molar-refractivity contribution is 5.81. The number of hydrogen-bond acceptors (Lipinski definition) is 3.